The molecule has 1 amide bonds. The first-order valence-corrected chi connectivity index (χ1v) is 12.3. The number of nitrogens with one attached hydrogen (secondary N) is 1. The van der Waals surface area contributed by atoms with E-state index in [1.807, 2.05) is 63.2 Å². The van der Waals surface area contributed by atoms with Crippen molar-refractivity contribution < 1.29 is 19.4 Å². The molecule has 1 unspecified atom stereocenters. The van der Waals surface area contributed by atoms with Gasteiger partial charge in [-0.2, -0.15) is 0 Å². The molecule has 1 saturated heterocycles. The minimum atomic E-state index is -0.816. The van der Waals surface area contributed by atoms with Gasteiger partial charge < -0.3 is 14.8 Å². The number of aryl methyl sites for hydroxylation is 3. The number of benzene rings is 3. The van der Waals surface area contributed by atoms with Gasteiger partial charge >= 0.3 is 0 Å². The number of H-pyrrole nitrogens is 1. The average molecular weight is 545 g/mol. The van der Waals surface area contributed by atoms with E-state index in [9.17, 15) is 14.7 Å². The zero-order chi connectivity index (χ0) is 25.7. The van der Waals surface area contributed by atoms with E-state index < -0.39 is 17.7 Å². The van der Waals surface area contributed by atoms with Crippen molar-refractivity contribution in [2.45, 2.75) is 26.8 Å². The first kappa shape index (κ1) is 23.9. The lowest BCUT2D eigenvalue weighted by Crippen LogP contribution is -2.29. The smallest absolute Gasteiger partial charge is 0.300 e. The quantitative estimate of drug-likeness (QED) is 0.175. The lowest BCUT2D eigenvalue weighted by atomic mass is 9.93. The van der Waals surface area contributed by atoms with Crippen LogP contribution < -0.4 is 9.64 Å². The van der Waals surface area contributed by atoms with E-state index in [1.54, 1.807) is 25.3 Å². The highest BCUT2D eigenvalue weighted by Crippen LogP contribution is 2.46. The standard InChI is InChI=1S/C29H25BrN2O4/c1-15-9-11-19(13-16(15)2)32-26(24-17(3)31-22-8-6-5-7-20(22)24)25(28(34)29(32)35)27(33)18-10-12-23(36-4)21(30)14-18/h5-14,26,31,33H,1-4H3/b27-25+. The van der Waals surface area contributed by atoms with Crippen LogP contribution >= 0.6 is 15.9 Å². The predicted octanol–water partition coefficient (Wildman–Crippen LogP) is 6.49. The second-order valence-corrected chi connectivity index (χ2v) is 9.85. The molecular weight excluding hydrogens is 520 g/mol. The molecule has 4 aromatic rings. The van der Waals surface area contributed by atoms with Gasteiger partial charge in [0.15, 0.2) is 0 Å². The van der Waals surface area contributed by atoms with Crippen LogP contribution in [0.15, 0.2) is 70.7 Å². The van der Waals surface area contributed by atoms with Gasteiger partial charge in [0, 0.05) is 33.4 Å². The molecule has 3 aromatic carbocycles. The number of anilines is 1. The summed E-state index contributed by atoms with van der Waals surface area (Å²) in [6.45, 7) is 5.88. The van der Waals surface area contributed by atoms with Crippen molar-refractivity contribution in [3.05, 3.63) is 98.7 Å². The Morgan fingerprint density at radius 3 is 2.44 bits per heavy atom. The van der Waals surface area contributed by atoms with Gasteiger partial charge in [-0.15, -0.1) is 0 Å². The average Bonchev–Trinajstić information content (AvgIpc) is 3.32. The van der Waals surface area contributed by atoms with E-state index in [1.165, 1.54) is 4.90 Å². The molecule has 1 aliphatic heterocycles. The van der Waals surface area contributed by atoms with E-state index in [4.69, 9.17) is 4.74 Å². The molecule has 2 heterocycles. The molecule has 7 heteroatoms. The Labute approximate surface area is 217 Å². The zero-order valence-corrected chi connectivity index (χ0v) is 21.9. The number of ether oxygens (including phenoxy) is 1. The minimum Gasteiger partial charge on any atom is -0.507 e. The van der Waals surface area contributed by atoms with Crippen LogP contribution in [0.25, 0.3) is 16.7 Å². The highest BCUT2D eigenvalue weighted by atomic mass is 79.9. The van der Waals surface area contributed by atoms with Gasteiger partial charge in [0.25, 0.3) is 11.7 Å². The molecule has 36 heavy (non-hydrogen) atoms. The van der Waals surface area contributed by atoms with Crippen molar-refractivity contribution in [1.82, 2.24) is 4.98 Å². The number of ketones is 1. The van der Waals surface area contributed by atoms with Crippen molar-refractivity contribution >= 4 is 50.0 Å². The highest BCUT2D eigenvalue weighted by molar-refractivity contribution is 9.10. The fraction of sp³-hybridized carbons (Fsp3) is 0.172. The van der Waals surface area contributed by atoms with Crippen molar-refractivity contribution in [3.8, 4) is 5.75 Å². The number of carbonyl (C=O) groups excluding carboxylic acids is 2. The molecule has 0 saturated carbocycles. The molecule has 1 aromatic heterocycles. The maximum absolute atomic E-state index is 13.6. The Kier molecular flexibility index (Phi) is 5.96. The molecule has 0 radical (unpaired) electrons. The summed E-state index contributed by atoms with van der Waals surface area (Å²) in [7, 11) is 1.55. The number of aliphatic hydroxyl groups excluding tert-OH is 1. The normalized spacial score (nSPS) is 17.2. The number of aliphatic hydroxyl groups is 1. The maximum atomic E-state index is 13.6. The van der Waals surface area contributed by atoms with Gasteiger partial charge in [-0.05, 0) is 84.2 Å². The third-order valence-corrected chi connectivity index (χ3v) is 7.47. The molecule has 1 fully saturated rings. The number of halogens is 1. The number of aromatic nitrogens is 1. The van der Waals surface area contributed by atoms with Gasteiger partial charge in [0.2, 0.25) is 0 Å². The third-order valence-electron chi connectivity index (χ3n) is 6.86. The van der Waals surface area contributed by atoms with Crippen molar-refractivity contribution in [2.24, 2.45) is 0 Å². The van der Waals surface area contributed by atoms with Crippen LogP contribution in [0.2, 0.25) is 0 Å². The first-order valence-electron chi connectivity index (χ1n) is 11.5. The highest BCUT2D eigenvalue weighted by Gasteiger charge is 2.48. The van der Waals surface area contributed by atoms with Crippen LogP contribution in [-0.4, -0.2) is 28.9 Å². The fourth-order valence-corrected chi connectivity index (χ4v) is 5.41. The molecule has 1 aliphatic rings. The summed E-state index contributed by atoms with van der Waals surface area (Å²) in [6.07, 6.45) is 0. The number of methoxy groups -OCH3 is 1. The van der Waals surface area contributed by atoms with Crippen molar-refractivity contribution in [1.29, 1.82) is 0 Å². The van der Waals surface area contributed by atoms with E-state index in [0.717, 1.165) is 33.3 Å². The molecule has 0 aliphatic carbocycles. The van der Waals surface area contributed by atoms with E-state index in [-0.39, 0.29) is 11.3 Å². The molecular formula is C29H25BrN2O4. The largest absolute Gasteiger partial charge is 0.507 e. The summed E-state index contributed by atoms with van der Waals surface area (Å²) in [4.78, 5) is 32.0. The predicted molar refractivity (Wildman–Crippen MR) is 144 cm³/mol. The number of nitrogens with zero attached hydrogens (tertiary/aromatic N) is 1. The SMILES string of the molecule is COc1ccc(/C(O)=C2\C(=O)C(=O)N(c3ccc(C)c(C)c3)C2c2c(C)[nH]c3ccccc23)cc1Br. The van der Waals surface area contributed by atoms with Gasteiger partial charge in [-0.25, -0.2) is 0 Å². The summed E-state index contributed by atoms with van der Waals surface area (Å²) < 4.78 is 5.93. The van der Waals surface area contributed by atoms with Crippen LogP contribution in [0, 0.1) is 20.8 Å². The number of hydrogen-bond acceptors (Lipinski definition) is 4. The third kappa shape index (κ3) is 3.71. The molecule has 182 valence electrons. The van der Waals surface area contributed by atoms with Crippen LogP contribution in [0.5, 0.6) is 5.75 Å². The molecule has 6 nitrogen and oxygen atoms in total. The molecule has 5 rings (SSSR count). The molecule has 2 N–H and O–H groups in total. The summed E-state index contributed by atoms with van der Waals surface area (Å²) in [5.41, 5.74) is 5.62. The van der Waals surface area contributed by atoms with Crippen LogP contribution in [0.1, 0.15) is 34.0 Å². The van der Waals surface area contributed by atoms with Crippen molar-refractivity contribution in [3.63, 3.8) is 0 Å². The number of fused-ring (bicyclic) bond motifs is 1. The Bertz CT molecular complexity index is 1580. The number of rotatable bonds is 4. The number of amides is 1. The Hall–Kier alpha value is -3.84. The molecule has 0 spiro atoms. The van der Waals surface area contributed by atoms with Crippen LogP contribution in [0.4, 0.5) is 5.69 Å². The maximum Gasteiger partial charge on any atom is 0.300 e. The lowest BCUT2D eigenvalue weighted by Gasteiger charge is -2.26. The van der Waals surface area contributed by atoms with Gasteiger partial charge in [0.1, 0.15) is 11.5 Å². The minimum absolute atomic E-state index is 0.0446. The van der Waals surface area contributed by atoms with E-state index >= 15 is 0 Å². The summed E-state index contributed by atoms with van der Waals surface area (Å²) in [5, 5.41) is 12.4. The van der Waals surface area contributed by atoms with E-state index in [0.29, 0.717) is 21.5 Å². The second-order valence-electron chi connectivity index (χ2n) is 9.00. The Morgan fingerprint density at radius 1 is 1.00 bits per heavy atom. The van der Waals surface area contributed by atoms with Crippen LogP contribution in [0.3, 0.4) is 0 Å². The van der Waals surface area contributed by atoms with Gasteiger partial charge in [-0.3, -0.25) is 14.5 Å². The number of para-hydroxylation sites is 1. The van der Waals surface area contributed by atoms with Crippen LogP contribution in [-0.2, 0) is 9.59 Å². The van der Waals surface area contributed by atoms with E-state index in [2.05, 4.69) is 20.9 Å². The first-order chi connectivity index (χ1) is 17.2. The zero-order valence-electron chi connectivity index (χ0n) is 20.3. The fourth-order valence-electron chi connectivity index (χ4n) is 4.87. The number of hydrogen-bond donors (Lipinski definition) is 2. The monoisotopic (exact) mass is 544 g/mol. The topological polar surface area (TPSA) is 82.6 Å². The number of Topliss-reactive ketones (excluding diaryl/α,β-unsaturated/α-hetero) is 1. The Balaban J connectivity index is 1.81. The van der Waals surface area contributed by atoms with Gasteiger partial charge in [-0.1, -0.05) is 24.3 Å². The van der Waals surface area contributed by atoms with Crippen molar-refractivity contribution in [2.75, 3.05) is 12.0 Å². The lowest BCUT2D eigenvalue weighted by molar-refractivity contribution is -0.132. The summed E-state index contributed by atoms with van der Waals surface area (Å²) >= 11 is 3.45. The van der Waals surface area contributed by atoms with Gasteiger partial charge in [0.05, 0.1) is 23.2 Å². The number of carbonyl (C=O) groups is 2. The molecule has 1 atom stereocenters. The number of aromatic amines is 1. The Morgan fingerprint density at radius 2 is 1.75 bits per heavy atom. The summed E-state index contributed by atoms with van der Waals surface area (Å²) in [5.74, 6) is -1.06. The molecule has 0 bridgehead atoms. The summed E-state index contributed by atoms with van der Waals surface area (Å²) in [6, 6.07) is 17.7. The second kappa shape index (κ2) is 8.99.